The molecule has 0 heterocycles. The van der Waals surface area contributed by atoms with Crippen LogP contribution in [-0.2, 0) is 11.2 Å². The van der Waals surface area contributed by atoms with Gasteiger partial charge in [-0.2, -0.15) is 0 Å². The zero-order chi connectivity index (χ0) is 21.9. The number of methoxy groups -OCH3 is 1. The van der Waals surface area contributed by atoms with Gasteiger partial charge in [0.2, 0.25) is 0 Å². The summed E-state index contributed by atoms with van der Waals surface area (Å²) >= 11 is 0. The Bertz CT molecular complexity index is 832. The average Bonchev–Trinajstić information content (AvgIpc) is 2.73. The minimum absolute atomic E-state index is 0.0412. The number of hydrogen-bond donors (Lipinski definition) is 2. The Hall–Kier alpha value is -3.02. The van der Waals surface area contributed by atoms with Crippen LogP contribution in [0.15, 0.2) is 42.5 Å². The molecule has 6 heteroatoms. The molecule has 2 aromatic rings. The van der Waals surface area contributed by atoms with Gasteiger partial charge < -0.3 is 20.1 Å². The number of aryl methyl sites for hydroxylation is 1. The molecule has 30 heavy (non-hydrogen) atoms. The highest BCUT2D eigenvalue weighted by Gasteiger charge is 2.13. The highest BCUT2D eigenvalue weighted by Crippen LogP contribution is 2.28. The lowest BCUT2D eigenvalue weighted by molar-refractivity contribution is -0.123. The van der Waals surface area contributed by atoms with E-state index < -0.39 is 0 Å². The monoisotopic (exact) mass is 412 g/mol. The molecule has 0 aliphatic rings. The van der Waals surface area contributed by atoms with Crippen LogP contribution in [0.3, 0.4) is 0 Å². The van der Waals surface area contributed by atoms with Gasteiger partial charge in [-0.15, -0.1) is 0 Å². The van der Waals surface area contributed by atoms with E-state index in [1.807, 2.05) is 38.1 Å². The molecule has 0 unspecified atom stereocenters. The predicted molar refractivity (Wildman–Crippen MR) is 119 cm³/mol. The fourth-order valence-electron chi connectivity index (χ4n) is 2.97. The average molecular weight is 413 g/mol. The number of anilines is 1. The highest BCUT2D eigenvalue weighted by atomic mass is 16.5. The number of carbonyl (C=O) groups is 2. The Morgan fingerprint density at radius 1 is 1.00 bits per heavy atom. The second kappa shape index (κ2) is 11.9. The van der Waals surface area contributed by atoms with Gasteiger partial charge in [0.05, 0.1) is 7.11 Å². The van der Waals surface area contributed by atoms with Crippen LogP contribution in [0.4, 0.5) is 5.69 Å². The minimum Gasteiger partial charge on any atom is -0.493 e. The van der Waals surface area contributed by atoms with Gasteiger partial charge in [0.25, 0.3) is 11.8 Å². The molecular formula is C24H32N2O4. The second-order valence-electron chi connectivity index (χ2n) is 7.48. The first-order valence-electron chi connectivity index (χ1n) is 10.4. The Morgan fingerprint density at radius 3 is 2.37 bits per heavy atom. The van der Waals surface area contributed by atoms with E-state index in [1.165, 1.54) is 31.9 Å². The maximum Gasteiger partial charge on any atom is 0.258 e. The Morgan fingerprint density at radius 2 is 1.73 bits per heavy atom. The topological polar surface area (TPSA) is 76.7 Å². The van der Waals surface area contributed by atoms with Crippen LogP contribution in [0, 0.1) is 0 Å². The van der Waals surface area contributed by atoms with Gasteiger partial charge in [0, 0.05) is 17.3 Å². The third kappa shape index (κ3) is 7.43. The molecule has 0 atom stereocenters. The molecule has 162 valence electrons. The molecule has 0 bridgehead atoms. The molecule has 0 aromatic heterocycles. The normalized spacial score (nSPS) is 10.6. The number of benzene rings is 2. The molecule has 0 radical (unpaired) electrons. The van der Waals surface area contributed by atoms with Gasteiger partial charge in [0.1, 0.15) is 0 Å². The van der Waals surface area contributed by atoms with E-state index in [9.17, 15) is 9.59 Å². The van der Waals surface area contributed by atoms with Crippen molar-refractivity contribution < 1.29 is 19.1 Å². The van der Waals surface area contributed by atoms with Crippen LogP contribution < -0.4 is 20.1 Å². The fourth-order valence-corrected chi connectivity index (χ4v) is 2.97. The van der Waals surface area contributed by atoms with Gasteiger partial charge >= 0.3 is 0 Å². The van der Waals surface area contributed by atoms with Gasteiger partial charge in [-0.05, 0) is 62.6 Å². The van der Waals surface area contributed by atoms with Crippen LogP contribution in [0.2, 0.25) is 0 Å². The summed E-state index contributed by atoms with van der Waals surface area (Å²) in [6.07, 6.45) is 4.65. The Labute approximate surface area is 179 Å². The number of carbonyl (C=O) groups excluding carboxylic acids is 2. The lowest BCUT2D eigenvalue weighted by Gasteiger charge is -2.13. The maximum absolute atomic E-state index is 12.6. The van der Waals surface area contributed by atoms with Crippen molar-refractivity contribution in [3.63, 3.8) is 0 Å². The first-order valence-corrected chi connectivity index (χ1v) is 10.4. The lowest BCUT2D eigenvalue weighted by Crippen LogP contribution is -2.34. The fraction of sp³-hybridized carbons (Fsp3) is 0.417. The molecule has 2 amide bonds. The SMILES string of the molecule is CCCCCc1ccc(NC(=O)c2ccc(OCC(=O)NC(C)C)c(OC)c2)cc1. The van der Waals surface area contributed by atoms with E-state index >= 15 is 0 Å². The quantitative estimate of drug-likeness (QED) is 0.530. The van der Waals surface area contributed by atoms with Crippen molar-refractivity contribution in [1.29, 1.82) is 0 Å². The highest BCUT2D eigenvalue weighted by molar-refractivity contribution is 6.04. The van der Waals surface area contributed by atoms with E-state index in [2.05, 4.69) is 17.6 Å². The van der Waals surface area contributed by atoms with E-state index in [4.69, 9.17) is 9.47 Å². The first kappa shape index (κ1) is 23.3. The molecule has 0 saturated heterocycles. The largest absolute Gasteiger partial charge is 0.493 e. The molecule has 0 aliphatic heterocycles. The third-order valence-corrected chi connectivity index (χ3v) is 4.52. The summed E-state index contributed by atoms with van der Waals surface area (Å²) in [4.78, 5) is 24.4. The summed E-state index contributed by atoms with van der Waals surface area (Å²) in [7, 11) is 1.50. The molecular weight excluding hydrogens is 380 g/mol. The zero-order valence-electron chi connectivity index (χ0n) is 18.3. The van der Waals surface area contributed by atoms with Crippen molar-refractivity contribution in [3.05, 3.63) is 53.6 Å². The van der Waals surface area contributed by atoms with Gasteiger partial charge in [-0.3, -0.25) is 9.59 Å². The number of rotatable bonds is 11. The summed E-state index contributed by atoms with van der Waals surface area (Å²) in [6, 6.07) is 12.8. The summed E-state index contributed by atoms with van der Waals surface area (Å²) in [6.45, 7) is 5.83. The maximum atomic E-state index is 12.6. The first-order chi connectivity index (χ1) is 14.4. The van der Waals surface area contributed by atoms with E-state index in [1.54, 1.807) is 18.2 Å². The smallest absolute Gasteiger partial charge is 0.258 e. The standard InChI is InChI=1S/C24H32N2O4/c1-5-6-7-8-18-9-12-20(13-10-18)26-24(28)19-11-14-21(22(15-19)29-4)30-16-23(27)25-17(2)3/h9-15,17H,5-8,16H2,1-4H3,(H,25,27)(H,26,28). The molecule has 0 spiro atoms. The summed E-state index contributed by atoms with van der Waals surface area (Å²) in [5.41, 5.74) is 2.45. The van der Waals surface area contributed by atoms with Crippen molar-refractivity contribution in [1.82, 2.24) is 5.32 Å². The van der Waals surface area contributed by atoms with Crippen LogP contribution >= 0.6 is 0 Å². The molecule has 0 fully saturated rings. The van der Waals surface area contributed by atoms with Crippen molar-refractivity contribution >= 4 is 17.5 Å². The number of nitrogens with one attached hydrogen (secondary N) is 2. The van der Waals surface area contributed by atoms with Gasteiger partial charge in [-0.1, -0.05) is 31.9 Å². The summed E-state index contributed by atoms with van der Waals surface area (Å²) < 4.78 is 10.9. The van der Waals surface area contributed by atoms with Crippen molar-refractivity contribution in [3.8, 4) is 11.5 Å². The third-order valence-electron chi connectivity index (χ3n) is 4.52. The molecule has 2 N–H and O–H groups in total. The lowest BCUT2D eigenvalue weighted by atomic mass is 10.1. The van der Waals surface area contributed by atoms with Crippen LogP contribution in [0.5, 0.6) is 11.5 Å². The minimum atomic E-state index is -0.240. The summed E-state index contributed by atoms with van der Waals surface area (Å²) in [5, 5.41) is 5.65. The number of ether oxygens (including phenoxy) is 2. The number of amides is 2. The van der Waals surface area contributed by atoms with Crippen LogP contribution in [-0.4, -0.2) is 31.6 Å². The van der Waals surface area contributed by atoms with Gasteiger partial charge in [0.15, 0.2) is 18.1 Å². The van der Waals surface area contributed by atoms with E-state index in [0.29, 0.717) is 17.1 Å². The number of hydrogen-bond acceptors (Lipinski definition) is 4. The molecule has 0 aliphatic carbocycles. The van der Waals surface area contributed by atoms with E-state index in [0.717, 1.165) is 12.1 Å². The number of unbranched alkanes of at least 4 members (excludes halogenated alkanes) is 2. The van der Waals surface area contributed by atoms with Crippen LogP contribution in [0.25, 0.3) is 0 Å². The van der Waals surface area contributed by atoms with Gasteiger partial charge in [-0.25, -0.2) is 0 Å². The van der Waals surface area contributed by atoms with Crippen molar-refractivity contribution in [2.45, 2.75) is 52.5 Å². The van der Waals surface area contributed by atoms with Crippen molar-refractivity contribution in [2.24, 2.45) is 0 Å². The second-order valence-corrected chi connectivity index (χ2v) is 7.48. The molecule has 0 saturated carbocycles. The van der Waals surface area contributed by atoms with E-state index in [-0.39, 0.29) is 24.5 Å². The molecule has 2 rings (SSSR count). The Balaban J connectivity index is 1.98. The zero-order valence-corrected chi connectivity index (χ0v) is 18.3. The van der Waals surface area contributed by atoms with Crippen molar-refractivity contribution in [2.75, 3.05) is 19.0 Å². The Kier molecular flexibility index (Phi) is 9.19. The predicted octanol–water partition coefficient (Wildman–Crippen LogP) is 4.58. The molecule has 2 aromatic carbocycles. The van der Waals surface area contributed by atoms with Crippen LogP contribution in [0.1, 0.15) is 56.0 Å². The molecule has 6 nitrogen and oxygen atoms in total. The summed E-state index contributed by atoms with van der Waals surface area (Å²) in [5.74, 6) is 0.346.